The minimum atomic E-state index is 0. The average Bonchev–Trinajstić information content (AvgIpc) is 3.69. The molecule has 0 radical (unpaired) electrons. The fourth-order valence-corrected chi connectivity index (χ4v) is 1.49. The molecule has 0 spiro atoms. The molecule has 0 aromatic carbocycles. The summed E-state index contributed by atoms with van der Waals surface area (Å²) in [6.07, 6.45) is 32.3. The second-order valence-corrected chi connectivity index (χ2v) is 4.99. The molecular weight excluding hydrogens is 864 g/mol. The van der Waals surface area contributed by atoms with Crippen LogP contribution in [0.3, 0.4) is 0 Å². The Morgan fingerprint density at radius 1 is 0.250 bits per heavy atom. The number of quaternary nitrogens is 6. The monoisotopic (exact) mass is 888 g/mol. The van der Waals surface area contributed by atoms with E-state index in [4.69, 9.17) is 0 Å². The maximum Gasteiger partial charge on any atom is 0.191 e. The van der Waals surface area contributed by atoms with Gasteiger partial charge in [-0.1, -0.05) is 0 Å². The van der Waals surface area contributed by atoms with Gasteiger partial charge in [0.1, 0.15) is 37.2 Å². The normalized spacial score (nSPS) is 14.7. The van der Waals surface area contributed by atoms with E-state index in [9.17, 15) is 0 Å². The molecule has 0 atom stereocenters. The van der Waals surface area contributed by atoms with Crippen LogP contribution in [0.15, 0.2) is 104 Å². The van der Waals surface area contributed by atoms with Crippen LogP contribution >= 0.6 is 0 Å². The summed E-state index contributed by atoms with van der Waals surface area (Å²) in [6, 6.07) is 0. The summed E-state index contributed by atoms with van der Waals surface area (Å²) in [7, 11) is 0. The van der Waals surface area contributed by atoms with E-state index in [2.05, 4.69) is 30.0 Å². The zero-order valence-corrected chi connectivity index (χ0v) is 28.3. The molecule has 0 bridgehead atoms. The molecule has 6 rings (SSSR count). The summed E-state index contributed by atoms with van der Waals surface area (Å²) < 4.78 is 0. The molecule has 0 saturated heterocycles. The molecule has 204 valence electrons. The van der Waals surface area contributed by atoms with Gasteiger partial charge in [-0.2, -0.15) is 0 Å². The highest BCUT2D eigenvalue weighted by molar-refractivity contribution is 5.46. The van der Waals surface area contributed by atoms with E-state index in [0.29, 0.717) is 0 Å². The van der Waals surface area contributed by atoms with Crippen LogP contribution in [0.25, 0.3) is 0 Å². The van der Waals surface area contributed by atoms with Gasteiger partial charge in [-0.05, 0) is 0 Å². The van der Waals surface area contributed by atoms with E-state index in [-0.39, 0.29) is 102 Å². The Balaban J connectivity index is -0.0000000726. The molecule has 0 fully saturated rings. The lowest BCUT2D eigenvalue weighted by atomic mass is 11.0. The minimum Gasteiger partial charge on any atom is -1.00 e. The Kier molecular flexibility index (Phi) is 59.1. The molecule has 0 saturated carbocycles. The molecule has 18 heteroatoms. The number of rotatable bonds is 0. The zero-order valence-electron chi connectivity index (χ0n) is 18.8. The summed E-state index contributed by atoms with van der Waals surface area (Å²) in [5.74, 6) is 0. The second kappa shape index (κ2) is 44.1. The quantitative estimate of drug-likeness (QED) is 0.136. The van der Waals surface area contributed by atoms with Crippen molar-refractivity contribution in [3.8, 4) is 0 Å². The van der Waals surface area contributed by atoms with Crippen molar-refractivity contribution in [3.63, 3.8) is 0 Å². The van der Waals surface area contributed by atoms with Crippen molar-refractivity contribution in [2.24, 2.45) is 30.0 Å². The van der Waals surface area contributed by atoms with Gasteiger partial charge in [0.15, 0.2) is 38.0 Å². The lowest BCUT2D eigenvalue weighted by Gasteiger charge is -1.58. The van der Waals surface area contributed by atoms with Gasteiger partial charge in [0.25, 0.3) is 0 Å². The lowest BCUT2D eigenvalue weighted by Crippen LogP contribution is -3.00. The predicted octanol–water partition coefficient (Wildman–Crippen LogP) is -23.6. The third-order valence-corrected chi connectivity index (χ3v) is 2.73. The van der Waals surface area contributed by atoms with E-state index >= 15 is 0 Å². The van der Waals surface area contributed by atoms with Gasteiger partial charge in [0, 0.05) is 0 Å². The standard InChI is InChI=1S/6C3H4N2.6BrH/c6*1-2-5-3-4-1;;;;;;/h6*1-3H,(H,4,5);6*1H. The molecule has 36 heavy (non-hydrogen) atoms. The summed E-state index contributed by atoms with van der Waals surface area (Å²) in [4.78, 5) is 22.3. The second-order valence-electron chi connectivity index (χ2n) is 4.99. The van der Waals surface area contributed by atoms with Crippen molar-refractivity contribution >= 4 is 38.0 Å². The van der Waals surface area contributed by atoms with Gasteiger partial charge in [-0.3, -0.25) is 31.9 Å². The highest BCUT2D eigenvalue weighted by atomic mass is 79.9. The van der Waals surface area contributed by atoms with Crippen molar-refractivity contribution in [2.75, 3.05) is 0 Å². The Labute approximate surface area is 274 Å². The van der Waals surface area contributed by atoms with Crippen LogP contribution in [-0.2, 0) is 0 Å². The summed E-state index contributed by atoms with van der Waals surface area (Å²) in [6.45, 7) is 0. The van der Waals surface area contributed by atoms with Gasteiger partial charge in [-0.25, -0.2) is 30.0 Å². The van der Waals surface area contributed by atoms with Gasteiger partial charge in [0.05, 0.1) is 37.2 Å². The van der Waals surface area contributed by atoms with Crippen LogP contribution in [0.5, 0.6) is 0 Å². The molecule has 0 aromatic heterocycles. The van der Waals surface area contributed by atoms with E-state index < -0.39 is 0 Å². The maximum absolute atomic E-state index is 3.72. The van der Waals surface area contributed by atoms with E-state index in [1.165, 1.54) is 0 Å². The van der Waals surface area contributed by atoms with Gasteiger partial charge in [-0.15, -0.1) is 0 Å². The molecule has 0 amide bonds. The largest absolute Gasteiger partial charge is 1.00 e. The number of halogens is 6. The fourth-order valence-electron chi connectivity index (χ4n) is 1.49. The highest BCUT2D eigenvalue weighted by Crippen LogP contribution is 1.65. The Bertz CT molecular complexity index is 572. The van der Waals surface area contributed by atoms with Crippen LogP contribution in [0.4, 0.5) is 0 Å². The van der Waals surface area contributed by atoms with Crippen molar-refractivity contribution in [1.29, 1.82) is 0 Å². The number of hydrogen-bond donors (Lipinski definition) is 6. The molecule has 0 aliphatic carbocycles. The van der Waals surface area contributed by atoms with Crippen molar-refractivity contribution in [3.05, 3.63) is 74.4 Å². The van der Waals surface area contributed by atoms with E-state index in [1.54, 1.807) is 75.2 Å². The Morgan fingerprint density at radius 2 is 0.389 bits per heavy atom. The van der Waals surface area contributed by atoms with Gasteiger partial charge in [0.2, 0.25) is 0 Å². The molecule has 6 aliphatic rings. The Morgan fingerprint density at radius 3 is 0.417 bits per heavy atom. The summed E-state index contributed by atoms with van der Waals surface area (Å²) in [5, 5.41) is 11.3. The SMILES string of the molecule is C1=C[NH2+]C=N1.C1=C[NH2+]C=N1.C1=C[NH2+]C=N1.C1=C[NH2+]C=N1.C1=C[NH2+]C=N1.C1=C[NH2+]C=N1.[Br-].[Br-].[Br-].[Br-].[Br-].[Br-]. The lowest BCUT2D eigenvalue weighted by molar-refractivity contribution is -0.447. The van der Waals surface area contributed by atoms with Crippen LogP contribution in [0, 0.1) is 0 Å². The van der Waals surface area contributed by atoms with Crippen molar-refractivity contribution in [1.82, 2.24) is 0 Å². The molecule has 6 aliphatic heterocycles. The Hall–Kier alpha value is -0.900. The number of nitrogens with two attached hydrogens (primary N) is 6. The summed E-state index contributed by atoms with van der Waals surface area (Å²) >= 11 is 0. The van der Waals surface area contributed by atoms with E-state index in [0.717, 1.165) is 0 Å². The number of nitrogens with zero attached hydrogens (tertiary/aromatic N) is 6. The van der Waals surface area contributed by atoms with Crippen molar-refractivity contribution in [2.45, 2.75) is 0 Å². The molecule has 12 N–H and O–H groups in total. The van der Waals surface area contributed by atoms with Gasteiger partial charge >= 0.3 is 0 Å². The van der Waals surface area contributed by atoms with Gasteiger partial charge < -0.3 is 102 Å². The topological polar surface area (TPSA) is 174 Å². The first-order valence-corrected chi connectivity index (χ1v) is 9.10. The van der Waals surface area contributed by atoms with E-state index in [1.807, 2.05) is 69.1 Å². The van der Waals surface area contributed by atoms with Crippen LogP contribution in [0.1, 0.15) is 0 Å². The third kappa shape index (κ3) is 40.3. The average molecular weight is 894 g/mol. The molecule has 0 aromatic rings. The maximum atomic E-state index is 3.72. The zero-order chi connectivity index (χ0) is 21.2. The minimum absolute atomic E-state index is 0. The van der Waals surface area contributed by atoms with Crippen LogP contribution in [0.2, 0.25) is 0 Å². The number of hydrogen-bond acceptors (Lipinski definition) is 6. The smallest absolute Gasteiger partial charge is 0.191 e. The molecule has 12 nitrogen and oxygen atoms in total. The van der Waals surface area contributed by atoms with Crippen LogP contribution in [-0.4, -0.2) is 38.0 Å². The first-order chi connectivity index (χ1) is 15.0. The number of aliphatic imine (C=N–C) groups is 6. The van der Waals surface area contributed by atoms with Crippen LogP contribution < -0.4 is 134 Å². The molecule has 6 heterocycles. The first kappa shape index (κ1) is 48.2. The summed E-state index contributed by atoms with van der Waals surface area (Å²) in [5.41, 5.74) is 0. The molecule has 0 unspecified atom stereocenters. The third-order valence-electron chi connectivity index (χ3n) is 2.73. The fraction of sp³-hybridized carbons (Fsp3) is 0. The predicted molar refractivity (Wildman–Crippen MR) is 117 cm³/mol. The first-order valence-electron chi connectivity index (χ1n) is 9.10. The molecular formula is C18H30Br6N12. The highest BCUT2D eigenvalue weighted by Gasteiger charge is 1.78. The van der Waals surface area contributed by atoms with Crippen molar-refractivity contribution < 1.29 is 134 Å².